The molecule has 0 fully saturated rings. The van der Waals surface area contributed by atoms with Gasteiger partial charge in [0.15, 0.2) is 0 Å². The average molecular weight is 398 g/mol. The maximum atomic E-state index is 12.2. The lowest BCUT2D eigenvalue weighted by molar-refractivity contribution is -0.167. The van der Waals surface area contributed by atoms with Crippen molar-refractivity contribution in [2.75, 3.05) is 11.1 Å². The smallest absolute Gasteiger partial charge is 0.328 e. The van der Waals surface area contributed by atoms with Gasteiger partial charge in [-0.15, -0.1) is 11.8 Å². The Balaban J connectivity index is 1.51. The van der Waals surface area contributed by atoms with Gasteiger partial charge in [0, 0.05) is 5.69 Å². The second-order valence-electron chi connectivity index (χ2n) is 6.23. The Kier molecular flexibility index (Phi) is 5.79. The fourth-order valence-electron chi connectivity index (χ4n) is 2.52. The van der Waals surface area contributed by atoms with Crippen molar-refractivity contribution in [2.24, 2.45) is 0 Å². The van der Waals surface area contributed by atoms with Crippen LogP contribution in [0.15, 0.2) is 48.5 Å². The number of fused-ring (bicyclic) bond motifs is 1. The highest BCUT2D eigenvalue weighted by molar-refractivity contribution is 8.01. The van der Waals surface area contributed by atoms with E-state index >= 15 is 0 Å². The Morgan fingerprint density at radius 1 is 1.04 bits per heavy atom. The van der Waals surface area contributed by atoms with E-state index in [4.69, 9.17) is 4.84 Å². The molecule has 1 N–H and O–H groups in total. The summed E-state index contributed by atoms with van der Waals surface area (Å²) in [6.45, 7) is 3.49. The zero-order chi connectivity index (χ0) is 20.3. The minimum Gasteiger partial charge on any atom is -0.328 e. The third kappa shape index (κ3) is 4.23. The summed E-state index contributed by atoms with van der Waals surface area (Å²) in [7, 11) is 0. The molecule has 28 heavy (non-hydrogen) atoms. The largest absolute Gasteiger partial charge is 0.345 e. The molecule has 0 saturated carbocycles. The van der Waals surface area contributed by atoms with Crippen molar-refractivity contribution in [1.29, 1.82) is 0 Å². The molecule has 7 nitrogen and oxygen atoms in total. The molecule has 0 radical (unpaired) electrons. The van der Waals surface area contributed by atoms with E-state index in [1.165, 1.54) is 12.1 Å². The van der Waals surface area contributed by atoms with E-state index < -0.39 is 23.0 Å². The molecule has 0 bridgehead atoms. The molecular weight excluding hydrogens is 380 g/mol. The molecule has 0 aromatic heterocycles. The van der Waals surface area contributed by atoms with Crippen LogP contribution in [-0.4, -0.2) is 39.8 Å². The van der Waals surface area contributed by atoms with Gasteiger partial charge >= 0.3 is 5.97 Å². The second kappa shape index (κ2) is 8.26. The Hall–Kier alpha value is -3.13. The molecule has 0 aliphatic carbocycles. The van der Waals surface area contributed by atoms with Gasteiger partial charge in [-0.1, -0.05) is 34.9 Å². The molecule has 0 spiro atoms. The molecule has 1 aliphatic rings. The lowest BCUT2D eigenvalue weighted by Crippen LogP contribution is -2.35. The van der Waals surface area contributed by atoms with Gasteiger partial charge in [0.25, 0.3) is 11.8 Å². The molecule has 0 saturated heterocycles. The summed E-state index contributed by atoms with van der Waals surface area (Å²) in [5.74, 6) is -2.38. The van der Waals surface area contributed by atoms with Crippen LogP contribution in [0, 0.1) is 6.92 Å². The van der Waals surface area contributed by atoms with Crippen molar-refractivity contribution in [3.05, 3.63) is 65.2 Å². The van der Waals surface area contributed by atoms with Crippen LogP contribution in [0.1, 0.15) is 33.2 Å². The van der Waals surface area contributed by atoms with Crippen LogP contribution in [0.4, 0.5) is 5.69 Å². The Morgan fingerprint density at radius 3 is 2.18 bits per heavy atom. The molecule has 2 aromatic rings. The van der Waals surface area contributed by atoms with Gasteiger partial charge in [0.05, 0.1) is 16.9 Å². The van der Waals surface area contributed by atoms with Gasteiger partial charge in [-0.25, -0.2) is 4.79 Å². The van der Waals surface area contributed by atoms with Crippen LogP contribution in [0.3, 0.4) is 0 Å². The number of rotatable bonds is 6. The Bertz CT molecular complexity index is 907. The van der Waals surface area contributed by atoms with E-state index in [1.807, 2.05) is 19.1 Å². The SMILES string of the molecule is Cc1ccc(NC(=O)CSC(C)C(=O)ON2C(=O)c3ccccc3C2=O)cc1. The van der Waals surface area contributed by atoms with E-state index in [1.54, 1.807) is 31.2 Å². The van der Waals surface area contributed by atoms with Crippen molar-refractivity contribution in [3.63, 3.8) is 0 Å². The zero-order valence-corrected chi connectivity index (χ0v) is 16.1. The normalized spacial score (nSPS) is 13.9. The number of imide groups is 1. The van der Waals surface area contributed by atoms with Gasteiger partial charge in [-0.3, -0.25) is 14.4 Å². The zero-order valence-electron chi connectivity index (χ0n) is 15.3. The third-order valence-electron chi connectivity index (χ3n) is 4.07. The monoisotopic (exact) mass is 398 g/mol. The van der Waals surface area contributed by atoms with Crippen molar-refractivity contribution in [1.82, 2.24) is 5.06 Å². The van der Waals surface area contributed by atoms with E-state index in [0.29, 0.717) is 10.8 Å². The number of carbonyl (C=O) groups is 4. The third-order valence-corrected chi connectivity index (χ3v) is 5.19. The molecule has 3 rings (SSSR count). The number of thioether (sulfide) groups is 1. The summed E-state index contributed by atoms with van der Waals surface area (Å²) >= 11 is 1.05. The van der Waals surface area contributed by atoms with Crippen LogP contribution in [0.2, 0.25) is 0 Å². The van der Waals surface area contributed by atoms with Crippen molar-refractivity contribution < 1.29 is 24.0 Å². The number of hydrogen-bond donors (Lipinski definition) is 1. The number of aryl methyl sites for hydroxylation is 1. The first-order valence-corrected chi connectivity index (χ1v) is 9.59. The number of nitrogens with zero attached hydrogens (tertiary/aromatic N) is 1. The molecule has 1 atom stereocenters. The number of hydrogen-bond acceptors (Lipinski definition) is 6. The lowest BCUT2D eigenvalue weighted by Gasteiger charge is -2.16. The first-order chi connectivity index (χ1) is 13.4. The number of nitrogens with one attached hydrogen (secondary N) is 1. The fraction of sp³-hybridized carbons (Fsp3) is 0.200. The molecular formula is C20H18N2O5S. The van der Waals surface area contributed by atoms with Gasteiger partial charge in [0.2, 0.25) is 5.91 Å². The van der Waals surface area contributed by atoms with Crippen molar-refractivity contribution >= 4 is 41.1 Å². The predicted molar refractivity (Wildman–Crippen MR) is 105 cm³/mol. The molecule has 1 aliphatic heterocycles. The van der Waals surface area contributed by atoms with Crippen LogP contribution in [-0.2, 0) is 14.4 Å². The molecule has 2 aromatic carbocycles. The van der Waals surface area contributed by atoms with Crippen LogP contribution in [0.5, 0.6) is 0 Å². The van der Waals surface area contributed by atoms with Crippen molar-refractivity contribution in [2.45, 2.75) is 19.1 Å². The molecule has 8 heteroatoms. The second-order valence-corrected chi connectivity index (χ2v) is 7.56. The Morgan fingerprint density at radius 2 is 1.61 bits per heavy atom. The highest BCUT2D eigenvalue weighted by Gasteiger charge is 2.39. The molecule has 1 heterocycles. The molecule has 3 amide bonds. The topological polar surface area (TPSA) is 92.8 Å². The summed E-state index contributed by atoms with van der Waals surface area (Å²) in [6, 6.07) is 13.6. The van der Waals surface area contributed by atoms with E-state index in [2.05, 4.69) is 5.32 Å². The molecule has 144 valence electrons. The highest BCUT2D eigenvalue weighted by Crippen LogP contribution is 2.24. The number of benzene rings is 2. The lowest BCUT2D eigenvalue weighted by atomic mass is 10.1. The predicted octanol–water partition coefficient (Wildman–Crippen LogP) is 2.81. The number of anilines is 1. The fourth-order valence-corrected chi connectivity index (χ4v) is 3.17. The van der Waals surface area contributed by atoms with Gasteiger partial charge in [-0.2, -0.15) is 0 Å². The summed E-state index contributed by atoms with van der Waals surface area (Å²) in [6.07, 6.45) is 0. The first-order valence-electron chi connectivity index (χ1n) is 8.54. The summed E-state index contributed by atoms with van der Waals surface area (Å²) in [5, 5.41) is 2.46. The highest BCUT2D eigenvalue weighted by atomic mass is 32.2. The van der Waals surface area contributed by atoms with E-state index in [0.717, 1.165) is 17.3 Å². The summed E-state index contributed by atoms with van der Waals surface area (Å²) in [4.78, 5) is 53.7. The van der Waals surface area contributed by atoms with Crippen molar-refractivity contribution in [3.8, 4) is 0 Å². The van der Waals surface area contributed by atoms with Gasteiger partial charge in [-0.05, 0) is 38.1 Å². The first kappa shape index (κ1) is 19.6. The minimum atomic E-state index is -0.775. The van der Waals surface area contributed by atoms with E-state index in [-0.39, 0.29) is 22.8 Å². The standard InChI is InChI=1S/C20H18N2O5S/c1-12-7-9-14(10-8-12)21-17(23)11-28-13(2)20(26)27-22-18(24)15-5-3-4-6-16(15)19(22)25/h3-10,13H,11H2,1-2H3,(H,21,23). The van der Waals surface area contributed by atoms with E-state index in [9.17, 15) is 19.2 Å². The average Bonchev–Trinajstić information content (AvgIpc) is 2.93. The number of carbonyl (C=O) groups excluding carboxylic acids is 4. The van der Waals surface area contributed by atoms with Crippen LogP contribution in [0.25, 0.3) is 0 Å². The maximum Gasteiger partial charge on any atom is 0.345 e. The Labute approximate surface area is 166 Å². The van der Waals surface area contributed by atoms with Crippen LogP contribution >= 0.6 is 11.8 Å². The maximum absolute atomic E-state index is 12.2. The summed E-state index contributed by atoms with van der Waals surface area (Å²) < 4.78 is 0. The summed E-state index contributed by atoms with van der Waals surface area (Å²) in [5.41, 5.74) is 2.13. The number of hydroxylamine groups is 2. The van der Waals surface area contributed by atoms with Crippen LogP contribution < -0.4 is 5.32 Å². The minimum absolute atomic E-state index is 0.0201. The number of amides is 3. The molecule has 1 unspecified atom stereocenters. The van der Waals surface area contributed by atoms with Gasteiger partial charge < -0.3 is 10.2 Å². The quantitative estimate of drug-likeness (QED) is 0.752. The van der Waals surface area contributed by atoms with Gasteiger partial charge in [0.1, 0.15) is 5.25 Å².